The van der Waals surface area contributed by atoms with Crippen LogP contribution in [-0.4, -0.2) is 31.3 Å². The molecule has 0 unspecified atom stereocenters. The Morgan fingerprint density at radius 1 is 1.28 bits per heavy atom. The zero-order valence-corrected chi connectivity index (χ0v) is 13.5. The number of urea groups is 1. The Hall–Kier alpha value is -3.10. The summed E-state index contributed by atoms with van der Waals surface area (Å²) in [5.41, 5.74) is 7.70. The summed E-state index contributed by atoms with van der Waals surface area (Å²) >= 11 is 0. The fourth-order valence-corrected chi connectivity index (χ4v) is 2.10. The van der Waals surface area contributed by atoms with Gasteiger partial charge in [0.15, 0.2) is 0 Å². The van der Waals surface area contributed by atoms with Crippen LogP contribution in [0, 0.1) is 0 Å². The predicted molar refractivity (Wildman–Crippen MR) is 89.3 cm³/mol. The van der Waals surface area contributed by atoms with Crippen molar-refractivity contribution < 1.29 is 18.0 Å². The molecule has 0 fully saturated rings. The Bertz CT molecular complexity index is 785. The molecule has 0 aliphatic carbocycles. The van der Waals surface area contributed by atoms with Crippen molar-refractivity contribution in [2.75, 3.05) is 19.0 Å². The number of carbonyl (C=O) groups is 1. The summed E-state index contributed by atoms with van der Waals surface area (Å²) in [7, 11) is 3.41. The zero-order valence-electron chi connectivity index (χ0n) is 13.5. The highest BCUT2D eigenvalue weighted by atomic mass is 19.4. The number of benzene rings is 1. The van der Waals surface area contributed by atoms with Gasteiger partial charge in [-0.15, -0.1) is 0 Å². The number of hydrazone groups is 1. The molecule has 0 radical (unpaired) electrons. The number of nitrogens with one attached hydrogen (secondary N) is 1. The van der Waals surface area contributed by atoms with Gasteiger partial charge in [0.25, 0.3) is 0 Å². The molecule has 0 saturated carbocycles. The van der Waals surface area contributed by atoms with Gasteiger partial charge in [-0.2, -0.15) is 18.3 Å². The minimum absolute atomic E-state index is 0.360. The molecule has 3 N–H and O–H groups in total. The van der Waals surface area contributed by atoms with Gasteiger partial charge in [-0.25, -0.2) is 15.2 Å². The van der Waals surface area contributed by atoms with Crippen molar-refractivity contribution in [3.8, 4) is 11.1 Å². The lowest BCUT2D eigenvalue weighted by Crippen LogP contribution is -2.24. The molecule has 132 valence electrons. The van der Waals surface area contributed by atoms with Crippen LogP contribution in [0.3, 0.4) is 0 Å². The van der Waals surface area contributed by atoms with E-state index in [1.54, 1.807) is 43.3 Å². The van der Waals surface area contributed by atoms with Gasteiger partial charge in [-0.1, -0.05) is 24.3 Å². The summed E-state index contributed by atoms with van der Waals surface area (Å²) in [5, 5.41) is 3.62. The average Bonchev–Trinajstić information content (AvgIpc) is 2.53. The molecule has 9 heteroatoms. The Labute approximate surface area is 142 Å². The number of halogens is 3. The maximum Gasteiger partial charge on any atom is 0.417 e. The third-order valence-corrected chi connectivity index (χ3v) is 3.23. The molecular weight excluding hydrogens is 335 g/mol. The van der Waals surface area contributed by atoms with Gasteiger partial charge in [-0.3, -0.25) is 0 Å². The number of nitrogens with two attached hydrogens (primary N) is 1. The molecule has 2 amide bonds. The van der Waals surface area contributed by atoms with Crippen LogP contribution in [0.4, 0.5) is 23.8 Å². The SMILES string of the molecule is CN(C)c1ncc(C(F)(F)F)cc1-c1ccc(C=NNC(N)=O)cc1. The Balaban J connectivity index is 2.39. The Morgan fingerprint density at radius 3 is 2.44 bits per heavy atom. The van der Waals surface area contributed by atoms with Gasteiger partial charge in [0.2, 0.25) is 0 Å². The molecule has 0 atom stereocenters. The summed E-state index contributed by atoms with van der Waals surface area (Å²) < 4.78 is 38.9. The number of pyridine rings is 1. The molecule has 0 bridgehead atoms. The molecule has 25 heavy (non-hydrogen) atoms. The topological polar surface area (TPSA) is 83.6 Å². The van der Waals surface area contributed by atoms with E-state index >= 15 is 0 Å². The van der Waals surface area contributed by atoms with Crippen molar-refractivity contribution in [3.63, 3.8) is 0 Å². The maximum absolute atomic E-state index is 13.0. The van der Waals surface area contributed by atoms with E-state index in [0.29, 0.717) is 22.5 Å². The van der Waals surface area contributed by atoms with E-state index in [4.69, 9.17) is 5.73 Å². The second-order valence-electron chi connectivity index (χ2n) is 5.34. The molecule has 1 aromatic carbocycles. The molecule has 0 aliphatic heterocycles. The molecule has 1 aromatic heterocycles. The molecule has 0 saturated heterocycles. The molecule has 0 aliphatic rings. The van der Waals surface area contributed by atoms with Gasteiger partial charge in [0, 0.05) is 25.9 Å². The number of hydrogen-bond donors (Lipinski definition) is 2. The van der Waals surface area contributed by atoms with E-state index in [2.05, 4.69) is 15.5 Å². The smallest absolute Gasteiger partial charge is 0.362 e. The van der Waals surface area contributed by atoms with E-state index in [1.807, 2.05) is 0 Å². The van der Waals surface area contributed by atoms with Crippen molar-refractivity contribution in [2.24, 2.45) is 10.8 Å². The van der Waals surface area contributed by atoms with Crippen LogP contribution in [0.5, 0.6) is 0 Å². The highest BCUT2D eigenvalue weighted by Gasteiger charge is 2.32. The predicted octanol–water partition coefficient (Wildman–Crippen LogP) is 2.84. The summed E-state index contributed by atoms with van der Waals surface area (Å²) in [6.07, 6.45) is -2.29. The van der Waals surface area contributed by atoms with Gasteiger partial charge in [0.1, 0.15) is 5.82 Å². The van der Waals surface area contributed by atoms with Gasteiger partial charge >= 0.3 is 12.2 Å². The molecule has 6 nitrogen and oxygen atoms in total. The highest BCUT2D eigenvalue weighted by molar-refractivity contribution is 5.83. The first kappa shape index (κ1) is 18.2. The van der Waals surface area contributed by atoms with Crippen LogP contribution in [-0.2, 0) is 6.18 Å². The van der Waals surface area contributed by atoms with Crippen LogP contribution >= 0.6 is 0 Å². The third kappa shape index (κ3) is 4.69. The Morgan fingerprint density at radius 2 is 1.92 bits per heavy atom. The number of aromatic nitrogens is 1. The first-order valence-electron chi connectivity index (χ1n) is 7.12. The summed E-state index contributed by atoms with van der Waals surface area (Å²) in [6.45, 7) is 0. The lowest BCUT2D eigenvalue weighted by atomic mass is 10.0. The molecule has 1 heterocycles. The fraction of sp³-hybridized carbons (Fsp3) is 0.188. The third-order valence-electron chi connectivity index (χ3n) is 3.23. The zero-order chi connectivity index (χ0) is 18.6. The minimum atomic E-state index is -4.47. The monoisotopic (exact) mass is 351 g/mol. The van der Waals surface area contributed by atoms with E-state index < -0.39 is 17.8 Å². The van der Waals surface area contributed by atoms with Crippen LogP contribution in [0.25, 0.3) is 11.1 Å². The van der Waals surface area contributed by atoms with E-state index in [-0.39, 0.29) is 0 Å². The highest BCUT2D eigenvalue weighted by Crippen LogP contribution is 2.35. The van der Waals surface area contributed by atoms with Crippen molar-refractivity contribution in [1.82, 2.24) is 10.4 Å². The number of anilines is 1. The van der Waals surface area contributed by atoms with Crippen LogP contribution in [0.15, 0.2) is 41.6 Å². The van der Waals surface area contributed by atoms with Gasteiger partial charge in [0.05, 0.1) is 11.8 Å². The van der Waals surface area contributed by atoms with Crippen molar-refractivity contribution in [3.05, 3.63) is 47.7 Å². The maximum atomic E-state index is 13.0. The first-order chi connectivity index (χ1) is 11.7. The normalized spacial score (nSPS) is 11.6. The standard InChI is InChI=1S/C16H16F3N5O/c1-24(2)14-13(7-12(9-21-14)16(17,18)19)11-5-3-10(4-6-11)8-22-23-15(20)25/h3-9H,1-2H3,(H3,20,23,25). The van der Waals surface area contributed by atoms with Gasteiger partial charge < -0.3 is 10.6 Å². The lowest BCUT2D eigenvalue weighted by Gasteiger charge is -2.18. The molecular formula is C16H16F3N5O. The number of alkyl halides is 3. The molecule has 0 spiro atoms. The van der Waals surface area contributed by atoms with Crippen molar-refractivity contribution in [1.29, 1.82) is 0 Å². The Kier molecular flexibility index (Phi) is 5.26. The van der Waals surface area contributed by atoms with Crippen LogP contribution in [0.1, 0.15) is 11.1 Å². The minimum Gasteiger partial charge on any atom is -0.362 e. The fourth-order valence-electron chi connectivity index (χ4n) is 2.10. The van der Waals surface area contributed by atoms with Crippen molar-refractivity contribution >= 4 is 18.1 Å². The number of rotatable bonds is 4. The number of carbonyl (C=O) groups excluding carboxylic acids is 1. The van der Waals surface area contributed by atoms with E-state index in [1.165, 1.54) is 6.21 Å². The van der Waals surface area contributed by atoms with E-state index in [9.17, 15) is 18.0 Å². The summed E-state index contributed by atoms with van der Waals surface area (Å²) in [5.74, 6) is 0.421. The van der Waals surface area contributed by atoms with Crippen molar-refractivity contribution in [2.45, 2.75) is 6.18 Å². The lowest BCUT2D eigenvalue weighted by molar-refractivity contribution is -0.137. The van der Waals surface area contributed by atoms with Crippen LogP contribution < -0.4 is 16.1 Å². The second-order valence-corrected chi connectivity index (χ2v) is 5.34. The molecule has 2 rings (SSSR count). The largest absolute Gasteiger partial charge is 0.417 e. The number of primary amides is 1. The number of amides is 2. The quantitative estimate of drug-likeness (QED) is 0.656. The van der Waals surface area contributed by atoms with Gasteiger partial charge in [-0.05, 0) is 17.2 Å². The summed E-state index contributed by atoms with van der Waals surface area (Å²) in [6, 6.07) is 6.88. The second kappa shape index (κ2) is 7.20. The van der Waals surface area contributed by atoms with E-state index in [0.717, 1.165) is 12.3 Å². The van der Waals surface area contributed by atoms with Crippen LogP contribution in [0.2, 0.25) is 0 Å². The summed E-state index contributed by atoms with van der Waals surface area (Å²) in [4.78, 5) is 16.1. The molecule has 2 aromatic rings. The average molecular weight is 351 g/mol. The number of nitrogens with zero attached hydrogens (tertiary/aromatic N) is 3. The number of hydrogen-bond acceptors (Lipinski definition) is 4. The first-order valence-corrected chi connectivity index (χ1v) is 7.12.